The zero-order chi connectivity index (χ0) is 15.2. The molecule has 0 atom stereocenters. The molecule has 0 aliphatic carbocycles. The molecule has 0 unspecified atom stereocenters. The van der Waals surface area contributed by atoms with E-state index in [1.807, 2.05) is 19.2 Å². The molecular formula is C15H19N3O2S. The number of unbranched alkanes of at least 4 members (excludes halogenated alkanes) is 1. The van der Waals surface area contributed by atoms with Crippen LogP contribution >= 0.6 is 11.3 Å². The molecule has 2 aromatic heterocycles. The summed E-state index contributed by atoms with van der Waals surface area (Å²) in [5, 5.41) is 10.1. The van der Waals surface area contributed by atoms with Crippen molar-refractivity contribution in [1.29, 1.82) is 0 Å². The van der Waals surface area contributed by atoms with E-state index in [4.69, 9.17) is 0 Å². The molecule has 2 aromatic rings. The number of hydrogen-bond acceptors (Lipinski definition) is 5. The molecule has 0 spiro atoms. The van der Waals surface area contributed by atoms with Gasteiger partial charge in [-0.15, -0.1) is 11.3 Å². The Kier molecular flexibility index (Phi) is 5.41. The monoisotopic (exact) mass is 305 g/mol. The molecule has 2 heterocycles. The van der Waals surface area contributed by atoms with Crippen molar-refractivity contribution >= 4 is 17.3 Å². The molecule has 0 aliphatic rings. The molecular weight excluding hydrogens is 286 g/mol. The van der Waals surface area contributed by atoms with Gasteiger partial charge in [-0.2, -0.15) is 0 Å². The van der Waals surface area contributed by atoms with E-state index in [0.717, 1.165) is 34.8 Å². The smallest absolute Gasteiger partial charge is 0.355 e. The second kappa shape index (κ2) is 7.28. The Hall–Kier alpha value is -1.79. The summed E-state index contributed by atoms with van der Waals surface area (Å²) >= 11 is 1.44. The molecule has 0 bridgehead atoms. The van der Waals surface area contributed by atoms with Gasteiger partial charge in [-0.05, 0) is 32.1 Å². The molecule has 112 valence electrons. The lowest BCUT2D eigenvalue weighted by molar-refractivity contribution is 0.0689. The number of hydrogen-bond donors (Lipinski definition) is 1. The van der Waals surface area contributed by atoms with E-state index in [-0.39, 0.29) is 5.69 Å². The van der Waals surface area contributed by atoms with E-state index in [1.54, 1.807) is 12.4 Å². The molecule has 2 rings (SSSR count). The standard InChI is InChI=1S/C15H19N3O2S/c1-3-4-9-18(2)10-12-13(15(19)20)17-14(21-12)11-5-7-16-8-6-11/h5-8H,3-4,9-10H2,1-2H3,(H,19,20). The average Bonchev–Trinajstić information content (AvgIpc) is 2.90. The van der Waals surface area contributed by atoms with E-state index in [0.29, 0.717) is 6.54 Å². The molecule has 0 aromatic carbocycles. The summed E-state index contributed by atoms with van der Waals surface area (Å²) in [7, 11) is 2.01. The molecule has 0 saturated carbocycles. The van der Waals surface area contributed by atoms with Crippen LogP contribution in [0.5, 0.6) is 0 Å². The van der Waals surface area contributed by atoms with Gasteiger partial charge in [-0.1, -0.05) is 13.3 Å². The van der Waals surface area contributed by atoms with Crippen LogP contribution in [0.25, 0.3) is 10.6 Å². The third kappa shape index (κ3) is 4.09. The zero-order valence-corrected chi connectivity index (χ0v) is 13.1. The average molecular weight is 305 g/mol. The number of pyridine rings is 1. The fourth-order valence-electron chi connectivity index (χ4n) is 2.00. The Morgan fingerprint density at radius 3 is 2.71 bits per heavy atom. The van der Waals surface area contributed by atoms with Gasteiger partial charge in [-0.25, -0.2) is 9.78 Å². The van der Waals surface area contributed by atoms with Crippen molar-refractivity contribution in [2.24, 2.45) is 0 Å². The molecule has 5 nitrogen and oxygen atoms in total. The molecule has 0 fully saturated rings. The third-order valence-corrected chi connectivity index (χ3v) is 4.22. The Balaban J connectivity index is 2.24. The van der Waals surface area contributed by atoms with Crippen molar-refractivity contribution in [2.75, 3.05) is 13.6 Å². The van der Waals surface area contributed by atoms with Crippen molar-refractivity contribution in [1.82, 2.24) is 14.9 Å². The molecule has 6 heteroatoms. The van der Waals surface area contributed by atoms with Crippen molar-refractivity contribution < 1.29 is 9.90 Å². The Labute approximate surface area is 128 Å². The number of aromatic nitrogens is 2. The van der Waals surface area contributed by atoms with Crippen LogP contribution in [-0.4, -0.2) is 39.5 Å². The van der Waals surface area contributed by atoms with Crippen molar-refractivity contribution in [2.45, 2.75) is 26.3 Å². The Bertz CT molecular complexity index is 598. The fourth-order valence-corrected chi connectivity index (χ4v) is 3.14. The van der Waals surface area contributed by atoms with Crippen LogP contribution in [0, 0.1) is 0 Å². The SMILES string of the molecule is CCCCN(C)Cc1sc(-c2ccncc2)nc1C(=O)O. The van der Waals surface area contributed by atoms with Crippen molar-refractivity contribution in [3.05, 3.63) is 35.1 Å². The quantitative estimate of drug-likeness (QED) is 0.851. The number of rotatable bonds is 7. The van der Waals surface area contributed by atoms with Gasteiger partial charge in [0.25, 0.3) is 0 Å². The van der Waals surface area contributed by atoms with E-state index in [1.165, 1.54) is 11.3 Å². The maximum atomic E-state index is 11.4. The van der Waals surface area contributed by atoms with Gasteiger partial charge < -0.3 is 10.0 Å². The first-order chi connectivity index (χ1) is 10.1. The van der Waals surface area contributed by atoms with E-state index >= 15 is 0 Å². The molecule has 1 N–H and O–H groups in total. The first kappa shape index (κ1) is 15.6. The van der Waals surface area contributed by atoms with Gasteiger partial charge in [0.05, 0.1) is 4.88 Å². The number of aromatic carboxylic acids is 1. The predicted molar refractivity (Wildman–Crippen MR) is 83.5 cm³/mol. The van der Waals surface area contributed by atoms with Crippen LogP contribution in [0.15, 0.2) is 24.5 Å². The molecule has 0 aliphatic heterocycles. The lowest BCUT2D eigenvalue weighted by Crippen LogP contribution is -2.19. The summed E-state index contributed by atoms with van der Waals surface area (Å²) in [6.45, 7) is 3.72. The maximum absolute atomic E-state index is 11.4. The number of carboxylic acid groups (broad SMARTS) is 1. The maximum Gasteiger partial charge on any atom is 0.355 e. The molecule has 0 saturated heterocycles. The van der Waals surface area contributed by atoms with E-state index in [9.17, 15) is 9.90 Å². The first-order valence-corrected chi connectivity index (χ1v) is 7.75. The normalized spacial score (nSPS) is 11.0. The highest BCUT2D eigenvalue weighted by Crippen LogP contribution is 2.28. The lowest BCUT2D eigenvalue weighted by atomic mass is 10.3. The minimum absolute atomic E-state index is 0.162. The number of thiazole rings is 1. The van der Waals surface area contributed by atoms with Crippen LogP contribution in [0.4, 0.5) is 0 Å². The number of nitrogens with zero attached hydrogens (tertiary/aromatic N) is 3. The van der Waals surface area contributed by atoms with Gasteiger partial charge in [0, 0.05) is 24.5 Å². The highest BCUT2D eigenvalue weighted by atomic mass is 32.1. The minimum atomic E-state index is -0.967. The largest absolute Gasteiger partial charge is 0.476 e. The van der Waals surface area contributed by atoms with Crippen LogP contribution in [-0.2, 0) is 6.54 Å². The fraction of sp³-hybridized carbons (Fsp3) is 0.400. The van der Waals surface area contributed by atoms with Crippen LogP contribution in [0.1, 0.15) is 35.1 Å². The van der Waals surface area contributed by atoms with Gasteiger partial charge >= 0.3 is 5.97 Å². The Morgan fingerprint density at radius 1 is 1.38 bits per heavy atom. The van der Waals surface area contributed by atoms with Crippen LogP contribution < -0.4 is 0 Å². The molecule has 21 heavy (non-hydrogen) atoms. The summed E-state index contributed by atoms with van der Waals surface area (Å²) in [6, 6.07) is 3.68. The summed E-state index contributed by atoms with van der Waals surface area (Å²) in [5.41, 5.74) is 1.06. The van der Waals surface area contributed by atoms with Crippen molar-refractivity contribution in [3.8, 4) is 10.6 Å². The summed E-state index contributed by atoms with van der Waals surface area (Å²) in [6.07, 6.45) is 5.60. The zero-order valence-electron chi connectivity index (χ0n) is 12.2. The van der Waals surface area contributed by atoms with E-state index < -0.39 is 5.97 Å². The van der Waals surface area contributed by atoms with Gasteiger partial charge in [0.1, 0.15) is 5.01 Å². The highest BCUT2D eigenvalue weighted by molar-refractivity contribution is 7.15. The summed E-state index contributed by atoms with van der Waals surface area (Å²) in [5.74, 6) is -0.967. The number of carbonyl (C=O) groups is 1. The van der Waals surface area contributed by atoms with Crippen LogP contribution in [0.2, 0.25) is 0 Å². The topological polar surface area (TPSA) is 66.3 Å². The molecule has 0 radical (unpaired) electrons. The van der Waals surface area contributed by atoms with Gasteiger partial charge in [0.2, 0.25) is 0 Å². The predicted octanol–water partition coefficient (Wildman–Crippen LogP) is 3.14. The first-order valence-electron chi connectivity index (χ1n) is 6.93. The lowest BCUT2D eigenvalue weighted by Gasteiger charge is -2.14. The summed E-state index contributed by atoms with van der Waals surface area (Å²) < 4.78 is 0. The molecule has 0 amide bonds. The Morgan fingerprint density at radius 2 is 2.10 bits per heavy atom. The number of carboxylic acids is 1. The van der Waals surface area contributed by atoms with E-state index in [2.05, 4.69) is 21.8 Å². The van der Waals surface area contributed by atoms with Gasteiger partial charge in [-0.3, -0.25) is 4.98 Å². The van der Waals surface area contributed by atoms with Crippen LogP contribution in [0.3, 0.4) is 0 Å². The van der Waals surface area contributed by atoms with Gasteiger partial charge in [0.15, 0.2) is 5.69 Å². The summed E-state index contributed by atoms with van der Waals surface area (Å²) in [4.78, 5) is 22.6. The second-order valence-electron chi connectivity index (χ2n) is 4.92. The minimum Gasteiger partial charge on any atom is -0.476 e. The highest BCUT2D eigenvalue weighted by Gasteiger charge is 2.19. The second-order valence-corrected chi connectivity index (χ2v) is 6.01. The third-order valence-electron chi connectivity index (χ3n) is 3.13. The van der Waals surface area contributed by atoms with Crippen molar-refractivity contribution in [3.63, 3.8) is 0 Å².